The van der Waals surface area contributed by atoms with E-state index in [1.54, 1.807) is 4.90 Å². The van der Waals surface area contributed by atoms with Crippen molar-refractivity contribution in [1.82, 2.24) is 15.0 Å². The summed E-state index contributed by atoms with van der Waals surface area (Å²) < 4.78 is 50.8. The van der Waals surface area contributed by atoms with Crippen LogP contribution in [0.1, 0.15) is 48.6 Å². The Morgan fingerprint density at radius 2 is 2.09 bits per heavy atom. The maximum atomic E-state index is 13.6. The van der Waals surface area contributed by atoms with Gasteiger partial charge in [0.2, 0.25) is 5.91 Å². The third kappa shape index (κ3) is 2.99. The van der Waals surface area contributed by atoms with E-state index in [4.69, 9.17) is 9.26 Å². The highest BCUT2D eigenvalue weighted by atomic mass is 19.4. The third-order valence-electron chi connectivity index (χ3n) is 8.15. The van der Waals surface area contributed by atoms with E-state index in [1.165, 1.54) is 6.07 Å². The molecule has 1 aromatic heterocycles. The largest absolute Gasteiger partial charge is 0.491 e. The molecule has 2 fully saturated rings. The van der Waals surface area contributed by atoms with E-state index in [0.717, 1.165) is 25.1 Å². The van der Waals surface area contributed by atoms with Gasteiger partial charge in [0.05, 0.1) is 23.1 Å². The van der Waals surface area contributed by atoms with Crippen molar-refractivity contribution in [1.29, 1.82) is 0 Å². The zero-order valence-electron chi connectivity index (χ0n) is 18.1. The molecule has 3 unspecified atom stereocenters. The predicted molar refractivity (Wildman–Crippen MR) is 108 cm³/mol. The number of amides is 1. The Balaban J connectivity index is 1.23. The normalized spacial score (nSPS) is 31.5. The summed E-state index contributed by atoms with van der Waals surface area (Å²) >= 11 is 0. The van der Waals surface area contributed by atoms with Crippen LogP contribution in [0.15, 0.2) is 22.7 Å². The fourth-order valence-electron chi connectivity index (χ4n) is 6.27. The summed E-state index contributed by atoms with van der Waals surface area (Å²) in [5.41, 5.74) is -0.231. The van der Waals surface area contributed by atoms with Crippen molar-refractivity contribution in [2.75, 3.05) is 6.54 Å². The van der Waals surface area contributed by atoms with Crippen LogP contribution in [0.3, 0.4) is 0 Å². The Labute approximate surface area is 188 Å². The van der Waals surface area contributed by atoms with Gasteiger partial charge in [0.1, 0.15) is 11.5 Å². The minimum atomic E-state index is -4.44. The van der Waals surface area contributed by atoms with Gasteiger partial charge in [-0.1, -0.05) is 6.92 Å². The number of carbonyl (C=O) groups is 1. The van der Waals surface area contributed by atoms with Crippen molar-refractivity contribution in [3.8, 4) is 11.6 Å². The lowest BCUT2D eigenvalue weighted by Crippen LogP contribution is -2.42. The smallest absolute Gasteiger partial charge is 0.416 e. The van der Waals surface area contributed by atoms with E-state index in [9.17, 15) is 23.1 Å². The van der Waals surface area contributed by atoms with Gasteiger partial charge in [0, 0.05) is 37.0 Å². The zero-order valence-corrected chi connectivity index (χ0v) is 18.1. The fourth-order valence-corrected chi connectivity index (χ4v) is 6.27. The van der Waals surface area contributed by atoms with Crippen molar-refractivity contribution in [3.05, 3.63) is 40.6 Å². The van der Waals surface area contributed by atoms with Crippen molar-refractivity contribution in [3.63, 3.8) is 0 Å². The van der Waals surface area contributed by atoms with Crippen LogP contribution in [0, 0.1) is 11.3 Å². The molecule has 0 radical (unpaired) electrons. The molecule has 7 nitrogen and oxygen atoms in total. The minimum absolute atomic E-state index is 0.0314. The molecule has 4 aliphatic rings. The van der Waals surface area contributed by atoms with Gasteiger partial charge in [0.15, 0.2) is 6.23 Å². The molecule has 3 aliphatic heterocycles. The molecule has 33 heavy (non-hydrogen) atoms. The predicted octanol–water partition coefficient (Wildman–Crippen LogP) is 3.69. The number of rotatable bonds is 1. The first kappa shape index (κ1) is 20.8. The number of hydrogen-bond acceptors (Lipinski definition) is 6. The molecule has 1 amide bonds. The Hall–Kier alpha value is -2.75. The molecule has 1 N–H and O–H groups in total. The molecule has 6 rings (SSSR count). The van der Waals surface area contributed by atoms with Crippen LogP contribution in [0.4, 0.5) is 13.2 Å². The average Bonchev–Trinajstić information content (AvgIpc) is 3.45. The van der Waals surface area contributed by atoms with Crippen LogP contribution in [-0.4, -0.2) is 44.8 Å². The summed E-state index contributed by atoms with van der Waals surface area (Å²) in [6.45, 7) is 3.44. The molecule has 4 atom stereocenters. The van der Waals surface area contributed by atoms with Gasteiger partial charge in [0.25, 0.3) is 5.88 Å². The molecule has 1 saturated heterocycles. The number of alkyl halides is 3. The highest BCUT2D eigenvalue weighted by Gasteiger charge is 2.62. The highest BCUT2D eigenvalue weighted by Crippen LogP contribution is 2.55. The number of fused-ring (bicyclic) bond motifs is 3. The fraction of sp³-hybridized carbons (Fsp3) is 0.565. The standard InChI is InChI=1S/C23H24F3N3O4/c1-12-20-29(10-13-8-14(23(24,25)26)2-3-17(13)32-20)21(31)22(12)6-4-15(9-22)28-7-5-18-16(11-28)19(30)27-33-18/h2-3,8,12,15,20H,4-7,9-11H2,1H3,(H,27,30)/t12?,15?,20?,22-/m0/s1. The highest BCUT2D eigenvalue weighted by molar-refractivity contribution is 5.86. The number of nitrogens with zero attached hydrogens (tertiary/aromatic N) is 3. The second-order valence-corrected chi connectivity index (χ2v) is 9.73. The lowest BCUT2D eigenvalue weighted by molar-refractivity contribution is -0.140. The first-order valence-corrected chi connectivity index (χ1v) is 11.3. The van der Waals surface area contributed by atoms with E-state index in [-0.39, 0.29) is 30.3 Å². The van der Waals surface area contributed by atoms with Gasteiger partial charge < -0.3 is 19.3 Å². The summed E-state index contributed by atoms with van der Waals surface area (Å²) in [7, 11) is 0. The van der Waals surface area contributed by atoms with Crippen LogP contribution in [0.25, 0.3) is 0 Å². The van der Waals surface area contributed by atoms with E-state index in [1.807, 2.05) is 6.92 Å². The van der Waals surface area contributed by atoms with E-state index in [0.29, 0.717) is 48.4 Å². The Morgan fingerprint density at radius 3 is 2.88 bits per heavy atom. The van der Waals surface area contributed by atoms with E-state index in [2.05, 4.69) is 10.1 Å². The monoisotopic (exact) mass is 463 g/mol. The molecule has 176 valence electrons. The minimum Gasteiger partial charge on any atom is -0.491 e. The number of carbonyl (C=O) groups excluding carboxylic acids is 1. The molecule has 0 bridgehead atoms. The van der Waals surface area contributed by atoms with Crippen LogP contribution < -0.4 is 4.74 Å². The Kier molecular flexibility index (Phi) is 4.34. The average molecular weight is 463 g/mol. The van der Waals surface area contributed by atoms with Crippen LogP contribution in [0.5, 0.6) is 11.6 Å². The summed E-state index contributed by atoms with van der Waals surface area (Å²) in [4.78, 5) is 17.5. The molecule has 2 aromatic rings. The first-order valence-electron chi connectivity index (χ1n) is 11.3. The number of benzene rings is 1. The molecule has 1 spiro atoms. The Morgan fingerprint density at radius 1 is 1.27 bits per heavy atom. The van der Waals surface area contributed by atoms with Crippen LogP contribution in [0.2, 0.25) is 0 Å². The van der Waals surface area contributed by atoms with Gasteiger partial charge in [-0.05, 0) is 42.6 Å². The number of aromatic hydroxyl groups is 1. The maximum Gasteiger partial charge on any atom is 0.416 e. The van der Waals surface area contributed by atoms with Crippen molar-refractivity contribution < 1.29 is 32.3 Å². The summed E-state index contributed by atoms with van der Waals surface area (Å²) in [5, 5.41) is 13.6. The molecule has 10 heteroatoms. The van der Waals surface area contributed by atoms with Crippen LogP contribution in [-0.2, 0) is 30.5 Å². The van der Waals surface area contributed by atoms with Gasteiger partial charge in [-0.2, -0.15) is 13.2 Å². The van der Waals surface area contributed by atoms with Gasteiger partial charge >= 0.3 is 6.18 Å². The van der Waals surface area contributed by atoms with E-state index >= 15 is 0 Å². The summed E-state index contributed by atoms with van der Waals surface area (Å²) in [6, 6.07) is 3.65. The SMILES string of the molecule is CC1C2Oc3ccc(C(F)(F)F)cc3CN2C(=O)[C@]12CCC(N1CCc3onc(O)c3C1)C2. The van der Waals surface area contributed by atoms with Crippen molar-refractivity contribution in [2.45, 2.75) is 64.1 Å². The second-order valence-electron chi connectivity index (χ2n) is 9.73. The lowest BCUT2D eigenvalue weighted by Gasteiger charge is -2.34. The molecule has 4 heterocycles. The summed E-state index contributed by atoms with van der Waals surface area (Å²) in [5.74, 6) is 0.936. The zero-order chi connectivity index (χ0) is 23.1. The first-order chi connectivity index (χ1) is 15.7. The maximum absolute atomic E-state index is 13.6. The van der Waals surface area contributed by atoms with E-state index < -0.39 is 23.4 Å². The lowest BCUT2D eigenvalue weighted by atomic mass is 9.76. The van der Waals surface area contributed by atoms with Crippen molar-refractivity contribution in [2.24, 2.45) is 11.3 Å². The Bertz CT molecular complexity index is 1130. The van der Waals surface area contributed by atoms with Crippen LogP contribution >= 0.6 is 0 Å². The summed E-state index contributed by atoms with van der Waals surface area (Å²) in [6.07, 6.45) is -2.06. The van der Waals surface area contributed by atoms with Gasteiger partial charge in [-0.25, -0.2) is 0 Å². The number of aromatic nitrogens is 1. The second kappa shape index (κ2) is 6.88. The molecule has 1 aromatic carbocycles. The van der Waals surface area contributed by atoms with Gasteiger partial charge in [-0.15, -0.1) is 0 Å². The number of ether oxygens (including phenoxy) is 1. The van der Waals surface area contributed by atoms with Gasteiger partial charge in [-0.3, -0.25) is 9.69 Å². The molecular weight excluding hydrogens is 439 g/mol. The molecule has 1 saturated carbocycles. The third-order valence-corrected chi connectivity index (χ3v) is 8.15. The van der Waals surface area contributed by atoms with Crippen molar-refractivity contribution >= 4 is 5.91 Å². The molecule has 1 aliphatic carbocycles. The quantitative estimate of drug-likeness (QED) is 0.695. The number of halogens is 3. The molecular formula is C23H24F3N3O4. The number of hydrogen-bond donors (Lipinski definition) is 1. The topological polar surface area (TPSA) is 79.0 Å².